The lowest BCUT2D eigenvalue weighted by Crippen LogP contribution is -2.28. The Morgan fingerprint density at radius 1 is 1.09 bits per heavy atom. The number of phenolic OH excluding ortho intramolecular Hbond substituents is 1. The molecule has 1 aliphatic heterocycles. The average molecular weight is 666 g/mol. The zero-order valence-electron chi connectivity index (χ0n) is 23.2. The van der Waals surface area contributed by atoms with Gasteiger partial charge in [-0.05, 0) is 78.5 Å². The molecule has 1 saturated heterocycles. The number of hydrogen-bond acceptors (Lipinski definition) is 10. The molecule has 0 spiro atoms. The molecule has 5 rings (SSSR count). The van der Waals surface area contributed by atoms with Gasteiger partial charge in [-0.3, -0.25) is 14.5 Å². The van der Waals surface area contributed by atoms with Crippen molar-refractivity contribution in [1.29, 1.82) is 0 Å². The van der Waals surface area contributed by atoms with E-state index in [0.29, 0.717) is 38.3 Å². The minimum Gasteiger partial charge on any atom is -0.507 e. The Balaban J connectivity index is 1.33. The van der Waals surface area contributed by atoms with Crippen molar-refractivity contribution in [3.8, 4) is 11.5 Å². The van der Waals surface area contributed by atoms with Crippen molar-refractivity contribution in [3.63, 3.8) is 0 Å². The van der Waals surface area contributed by atoms with Crippen molar-refractivity contribution >= 4 is 68.3 Å². The number of amidine groups is 1. The van der Waals surface area contributed by atoms with Gasteiger partial charge in [-0.25, -0.2) is 13.6 Å². The summed E-state index contributed by atoms with van der Waals surface area (Å²) in [6, 6.07) is 20.2. The molecule has 0 radical (unpaired) electrons. The van der Waals surface area contributed by atoms with Gasteiger partial charge >= 0.3 is 0 Å². The molecule has 1 fully saturated rings. The molecule has 12 nitrogen and oxygen atoms in total. The molecule has 4 aromatic rings. The minimum absolute atomic E-state index is 0.0308. The number of halogens is 1. The monoisotopic (exact) mass is 665 g/mol. The Bertz CT molecular complexity index is 1930. The van der Waals surface area contributed by atoms with Gasteiger partial charge in [0.15, 0.2) is 11.8 Å². The molecular weight excluding hydrogens is 642 g/mol. The lowest BCUT2D eigenvalue weighted by Gasteiger charge is -2.12. The zero-order chi connectivity index (χ0) is 32.0. The van der Waals surface area contributed by atoms with Crippen LogP contribution in [0.2, 0.25) is 5.02 Å². The second kappa shape index (κ2) is 13.8. The van der Waals surface area contributed by atoms with Gasteiger partial charge in [0.25, 0.3) is 11.8 Å². The highest BCUT2D eigenvalue weighted by Crippen LogP contribution is 2.35. The third-order valence-corrected chi connectivity index (χ3v) is 8.30. The summed E-state index contributed by atoms with van der Waals surface area (Å²) in [6.07, 6.45) is 4.45. The normalized spacial score (nSPS) is 15.3. The van der Waals surface area contributed by atoms with E-state index in [0.717, 1.165) is 11.8 Å². The van der Waals surface area contributed by atoms with Crippen molar-refractivity contribution in [3.05, 3.63) is 112 Å². The van der Waals surface area contributed by atoms with E-state index in [1.165, 1.54) is 53.8 Å². The number of ether oxygens (including phenoxy) is 1. The molecule has 4 N–H and O–H groups in total. The molecule has 1 aromatic heterocycles. The van der Waals surface area contributed by atoms with Crippen LogP contribution in [0.15, 0.2) is 110 Å². The third kappa shape index (κ3) is 8.19. The number of benzene rings is 3. The maximum Gasteiger partial charge on any atom is 0.267 e. The van der Waals surface area contributed by atoms with Gasteiger partial charge in [0.05, 0.1) is 28.8 Å². The maximum atomic E-state index is 13.5. The Morgan fingerprint density at radius 2 is 1.87 bits per heavy atom. The summed E-state index contributed by atoms with van der Waals surface area (Å²) >= 11 is 7.09. The van der Waals surface area contributed by atoms with Crippen LogP contribution in [-0.2, 0) is 26.2 Å². The average Bonchev–Trinajstić information content (AvgIpc) is 3.62. The van der Waals surface area contributed by atoms with Gasteiger partial charge in [0, 0.05) is 21.8 Å². The molecule has 15 heteroatoms. The minimum atomic E-state index is -3.86. The lowest BCUT2D eigenvalue weighted by atomic mass is 10.2. The predicted octanol–water partition coefficient (Wildman–Crippen LogP) is 4.81. The van der Waals surface area contributed by atoms with Crippen LogP contribution in [0.4, 0.5) is 5.69 Å². The number of anilines is 1. The standard InChI is InChI=1S/C30H24ClN5O7S2/c31-21-7-12-25(37)20(14-21)16-33-35-30-36(17-23-5-3-13-42-23)29(39)27(44-30)15-19-4-1-2-6-26(19)43-18-28(38)34-22-8-10-24(11-9-22)45(32,40)41/h1-16,37H,17-18H2,(H,34,38)(H2,32,40,41)/b27-15-,33-16-,35-30+. The zero-order valence-corrected chi connectivity index (χ0v) is 25.6. The molecule has 2 amide bonds. The van der Waals surface area contributed by atoms with Crippen LogP contribution in [0.5, 0.6) is 11.5 Å². The third-order valence-electron chi connectivity index (χ3n) is 6.14. The van der Waals surface area contributed by atoms with Crippen LogP contribution in [0, 0.1) is 0 Å². The van der Waals surface area contributed by atoms with E-state index in [-0.39, 0.29) is 34.9 Å². The molecule has 1 aliphatic rings. The fraction of sp³-hybridized carbons (Fsp3) is 0.0667. The first-order valence-corrected chi connectivity index (χ1v) is 15.8. The summed E-state index contributed by atoms with van der Waals surface area (Å²) in [7, 11) is -3.86. The summed E-state index contributed by atoms with van der Waals surface area (Å²) in [5, 5.41) is 26.8. The number of carbonyl (C=O) groups is 2. The number of hydrogen-bond donors (Lipinski definition) is 3. The molecular formula is C30H24ClN5O7S2. The first kappa shape index (κ1) is 31.5. The molecule has 0 bridgehead atoms. The second-order valence-corrected chi connectivity index (χ2v) is 12.4. The summed E-state index contributed by atoms with van der Waals surface area (Å²) in [5.74, 6) is -0.00284. The van der Waals surface area contributed by atoms with E-state index in [2.05, 4.69) is 15.5 Å². The van der Waals surface area contributed by atoms with Crippen LogP contribution in [0.25, 0.3) is 6.08 Å². The van der Waals surface area contributed by atoms with E-state index >= 15 is 0 Å². The largest absolute Gasteiger partial charge is 0.507 e. The number of furan rings is 1. The van der Waals surface area contributed by atoms with Gasteiger partial charge in [0.2, 0.25) is 10.0 Å². The number of rotatable bonds is 10. The number of aromatic hydroxyl groups is 1. The predicted molar refractivity (Wildman–Crippen MR) is 171 cm³/mol. The van der Waals surface area contributed by atoms with Crippen LogP contribution in [0.3, 0.4) is 0 Å². The topological polar surface area (TPSA) is 177 Å². The maximum absolute atomic E-state index is 13.5. The Kier molecular flexibility index (Phi) is 9.68. The van der Waals surface area contributed by atoms with E-state index in [1.807, 2.05) is 0 Å². The highest BCUT2D eigenvalue weighted by atomic mass is 35.5. The van der Waals surface area contributed by atoms with Crippen LogP contribution in [-0.4, -0.2) is 48.2 Å². The smallest absolute Gasteiger partial charge is 0.267 e. The second-order valence-electron chi connectivity index (χ2n) is 9.36. The Hall–Kier alpha value is -4.89. The first-order chi connectivity index (χ1) is 21.6. The van der Waals surface area contributed by atoms with Crippen molar-refractivity contribution in [2.24, 2.45) is 15.3 Å². The summed E-state index contributed by atoms with van der Waals surface area (Å²) in [6.45, 7) is -0.260. The van der Waals surface area contributed by atoms with Crippen molar-refractivity contribution in [1.82, 2.24) is 4.90 Å². The number of primary sulfonamides is 1. The van der Waals surface area contributed by atoms with Crippen LogP contribution in [0.1, 0.15) is 16.9 Å². The van der Waals surface area contributed by atoms with Crippen molar-refractivity contribution in [2.45, 2.75) is 11.4 Å². The molecule has 0 aliphatic carbocycles. The van der Waals surface area contributed by atoms with E-state index in [4.69, 9.17) is 25.9 Å². The SMILES string of the molecule is NS(=O)(=O)c1ccc(NC(=O)COc2ccccc2/C=C2\S/C(=N/N=C\c3cc(Cl)ccc3O)N(Cc3ccco3)C2=O)cc1. The van der Waals surface area contributed by atoms with Gasteiger partial charge in [-0.15, -0.1) is 5.10 Å². The number of sulfonamides is 1. The first-order valence-electron chi connectivity index (χ1n) is 13.0. The molecule has 0 unspecified atom stereocenters. The van der Waals surface area contributed by atoms with E-state index in [9.17, 15) is 23.1 Å². The lowest BCUT2D eigenvalue weighted by molar-refractivity contribution is -0.122. The highest BCUT2D eigenvalue weighted by Gasteiger charge is 2.34. The molecule has 3 aromatic carbocycles. The van der Waals surface area contributed by atoms with Crippen LogP contribution >= 0.6 is 23.4 Å². The number of amides is 2. The summed E-state index contributed by atoms with van der Waals surface area (Å²) < 4.78 is 34.1. The number of nitrogens with one attached hydrogen (secondary N) is 1. The Morgan fingerprint density at radius 3 is 2.60 bits per heavy atom. The molecule has 0 atom stereocenters. The van der Waals surface area contributed by atoms with Crippen molar-refractivity contribution in [2.75, 3.05) is 11.9 Å². The van der Waals surface area contributed by atoms with Gasteiger partial charge < -0.3 is 19.6 Å². The van der Waals surface area contributed by atoms with E-state index in [1.54, 1.807) is 48.5 Å². The van der Waals surface area contributed by atoms with Crippen LogP contribution < -0.4 is 15.2 Å². The Labute approximate surface area is 266 Å². The quantitative estimate of drug-likeness (QED) is 0.123. The van der Waals surface area contributed by atoms with E-state index < -0.39 is 15.9 Å². The number of phenols is 1. The highest BCUT2D eigenvalue weighted by molar-refractivity contribution is 8.18. The fourth-order valence-corrected chi connectivity index (χ4v) is 5.61. The summed E-state index contributed by atoms with van der Waals surface area (Å²) in [5.41, 5.74) is 1.24. The van der Waals surface area contributed by atoms with Gasteiger partial charge in [0.1, 0.15) is 17.3 Å². The number of para-hydroxylation sites is 1. The molecule has 45 heavy (non-hydrogen) atoms. The number of nitrogens with zero attached hydrogens (tertiary/aromatic N) is 3. The number of nitrogens with two attached hydrogens (primary N) is 1. The fourth-order valence-electron chi connectivity index (χ4n) is 3.99. The van der Waals surface area contributed by atoms with Gasteiger partial charge in [-0.1, -0.05) is 29.8 Å². The number of carbonyl (C=O) groups excluding carboxylic acids is 2. The summed E-state index contributed by atoms with van der Waals surface area (Å²) in [4.78, 5) is 27.7. The van der Waals surface area contributed by atoms with Crippen molar-refractivity contribution < 1.29 is 32.3 Å². The molecule has 230 valence electrons. The molecule has 2 heterocycles. The molecule has 0 saturated carbocycles. The number of thioether (sulfide) groups is 1. The van der Waals surface area contributed by atoms with Gasteiger partial charge in [-0.2, -0.15) is 5.10 Å².